The van der Waals surface area contributed by atoms with E-state index < -0.39 is 0 Å². The van der Waals surface area contributed by atoms with Crippen molar-refractivity contribution in [2.45, 2.75) is 52.1 Å². The van der Waals surface area contributed by atoms with Gasteiger partial charge in [-0.25, -0.2) is 0 Å². The van der Waals surface area contributed by atoms with Crippen molar-refractivity contribution in [3.8, 4) is 0 Å². The Kier molecular flexibility index (Phi) is 6.65. The molecule has 0 aliphatic heterocycles. The summed E-state index contributed by atoms with van der Waals surface area (Å²) >= 11 is 0. The first-order valence-electron chi connectivity index (χ1n) is 7.14. The Balaban J connectivity index is 2.39. The molecule has 0 spiro atoms. The van der Waals surface area contributed by atoms with Crippen LogP contribution in [0.3, 0.4) is 0 Å². The molecule has 0 heterocycles. The number of esters is 1. The standard InChI is InChI=1S/C14H28N2O2/c1-5-18-14(17)13(15-11(2)3)10-16(4)9-12-7-6-8-12/h11-13,15H,5-10H2,1-4H3. The quantitative estimate of drug-likeness (QED) is 0.671. The van der Waals surface area contributed by atoms with Gasteiger partial charge in [-0.15, -0.1) is 0 Å². The largest absolute Gasteiger partial charge is 0.465 e. The summed E-state index contributed by atoms with van der Waals surface area (Å²) in [5, 5.41) is 3.29. The first-order chi connectivity index (χ1) is 8.52. The predicted octanol–water partition coefficient (Wildman–Crippen LogP) is 1.65. The van der Waals surface area contributed by atoms with Crippen molar-refractivity contribution < 1.29 is 9.53 Å². The van der Waals surface area contributed by atoms with E-state index in [9.17, 15) is 4.79 Å². The van der Waals surface area contributed by atoms with Gasteiger partial charge in [0.1, 0.15) is 6.04 Å². The summed E-state index contributed by atoms with van der Waals surface area (Å²) in [6, 6.07) is 0.0755. The van der Waals surface area contributed by atoms with Gasteiger partial charge in [0.15, 0.2) is 0 Å². The number of hydrogen-bond donors (Lipinski definition) is 1. The minimum absolute atomic E-state index is 0.133. The topological polar surface area (TPSA) is 41.6 Å². The van der Waals surface area contributed by atoms with Gasteiger partial charge in [0.25, 0.3) is 0 Å². The molecule has 0 aromatic carbocycles. The van der Waals surface area contributed by atoms with Gasteiger partial charge in [-0.2, -0.15) is 0 Å². The molecule has 106 valence electrons. The molecule has 1 saturated carbocycles. The van der Waals surface area contributed by atoms with Crippen molar-refractivity contribution in [3.05, 3.63) is 0 Å². The molecule has 4 heteroatoms. The van der Waals surface area contributed by atoms with Crippen LogP contribution >= 0.6 is 0 Å². The number of likely N-dealkylation sites (N-methyl/N-ethyl adjacent to an activating group) is 1. The van der Waals surface area contributed by atoms with E-state index in [0.717, 1.165) is 19.0 Å². The number of nitrogens with zero attached hydrogens (tertiary/aromatic N) is 1. The minimum atomic E-state index is -0.213. The molecule has 0 amide bonds. The molecule has 0 radical (unpaired) electrons. The van der Waals surface area contributed by atoms with Crippen molar-refractivity contribution in [3.63, 3.8) is 0 Å². The third kappa shape index (κ3) is 5.36. The second-order valence-corrected chi connectivity index (χ2v) is 5.64. The number of carbonyl (C=O) groups is 1. The van der Waals surface area contributed by atoms with Crippen molar-refractivity contribution >= 4 is 5.97 Å². The molecular weight excluding hydrogens is 228 g/mol. The lowest BCUT2D eigenvalue weighted by Crippen LogP contribution is -2.49. The van der Waals surface area contributed by atoms with E-state index >= 15 is 0 Å². The van der Waals surface area contributed by atoms with Crippen molar-refractivity contribution in [1.82, 2.24) is 10.2 Å². The average molecular weight is 256 g/mol. The van der Waals surface area contributed by atoms with Crippen molar-refractivity contribution in [2.75, 3.05) is 26.7 Å². The molecule has 0 aromatic heterocycles. The van der Waals surface area contributed by atoms with Gasteiger partial charge in [0.05, 0.1) is 6.61 Å². The Labute approximate surface area is 111 Å². The highest BCUT2D eigenvalue weighted by Gasteiger charge is 2.25. The second-order valence-electron chi connectivity index (χ2n) is 5.64. The fraction of sp³-hybridized carbons (Fsp3) is 0.929. The van der Waals surface area contributed by atoms with Crippen LogP contribution in [0.4, 0.5) is 0 Å². The van der Waals surface area contributed by atoms with Crippen LogP contribution in [0.1, 0.15) is 40.0 Å². The molecule has 0 saturated heterocycles. The number of carbonyl (C=O) groups excluding carboxylic acids is 1. The van der Waals surface area contributed by atoms with E-state index in [1.54, 1.807) is 0 Å². The summed E-state index contributed by atoms with van der Waals surface area (Å²) in [6.45, 7) is 8.23. The van der Waals surface area contributed by atoms with Crippen molar-refractivity contribution in [2.24, 2.45) is 5.92 Å². The lowest BCUT2D eigenvalue weighted by atomic mass is 9.85. The van der Waals surface area contributed by atoms with Crippen LogP contribution in [0.15, 0.2) is 0 Å². The Morgan fingerprint density at radius 2 is 2.11 bits per heavy atom. The lowest BCUT2D eigenvalue weighted by Gasteiger charge is -2.32. The molecule has 1 fully saturated rings. The zero-order valence-electron chi connectivity index (χ0n) is 12.2. The predicted molar refractivity (Wildman–Crippen MR) is 73.5 cm³/mol. The molecule has 1 atom stereocenters. The third-order valence-electron chi connectivity index (χ3n) is 3.39. The first kappa shape index (κ1) is 15.4. The Bertz CT molecular complexity index is 252. The van der Waals surface area contributed by atoms with Gasteiger partial charge in [-0.3, -0.25) is 4.79 Å². The highest BCUT2D eigenvalue weighted by Crippen LogP contribution is 2.26. The summed E-state index contributed by atoms with van der Waals surface area (Å²) in [5.41, 5.74) is 0. The molecule has 1 unspecified atom stereocenters. The summed E-state index contributed by atoms with van der Waals surface area (Å²) in [7, 11) is 2.09. The maximum Gasteiger partial charge on any atom is 0.324 e. The number of nitrogens with one attached hydrogen (secondary N) is 1. The van der Waals surface area contributed by atoms with Crippen LogP contribution in [-0.2, 0) is 9.53 Å². The average Bonchev–Trinajstić information content (AvgIpc) is 2.22. The summed E-state index contributed by atoms with van der Waals surface area (Å²) in [5.74, 6) is 0.698. The number of ether oxygens (including phenoxy) is 1. The normalized spacial score (nSPS) is 17.9. The van der Waals surface area contributed by atoms with Crippen molar-refractivity contribution in [1.29, 1.82) is 0 Å². The lowest BCUT2D eigenvalue weighted by molar-refractivity contribution is -0.146. The van der Waals surface area contributed by atoms with E-state index in [-0.39, 0.29) is 18.1 Å². The van der Waals surface area contributed by atoms with Crippen LogP contribution in [0.25, 0.3) is 0 Å². The molecule has 0 bridgehead atoms. The van der Waals surface area contributed by atoms with Crippen LogP contribution in [0.5, 0.6) is 0 Å². The Morgan fingerprint density at radius 3 is 2.56 bits per heavy atom. The fourth-order valence-corrected chi connectivity index (χ4v) is 2.34. The summed E-state index contributed by atoms with van der Waals surface area (Å²) in [4.78, 5) is 14.1. The fourth-order valence-electron chi connectivity index (χ4n) is 2.34. The maximum absolute atomic E-state index is 11.9. The molecule has 1 aliphatic carbocycles. The van der Waals surface area contributed by atoms with Gasteiger partial charge >= 0.3 is 5.97 Å². The molecule has 1 N–H and O–H groups in total. The zero-order valence-corrected chi connectivity index (χ0v) is 12.2. The van der Waals surface area contributed by atoms with E-state index in [1.165, 1.54) is 19.3 Å². The highest BCUT2D eigenvalue weighted by molar-refractivity contribution is 5.76. The van der Waals surface area contributed by atoms with Crippen LogP contribution in [-0.4, -0.2) is 49.7 Å². The second kappa shape index (κ2) is 7.74. The first-order valence-corrected chi connectivity index (χ1v) is 7.14. The third-order valence-corrected chi connectivity index (χ3v) is 3.39. The zero-order chi connectivity index (χ0) is 13.5. The highest BCUT2D eigenvalue weighted by atomic mass is 16.5. The van der Waals surface area contributed by atoms with E-state index in [2.05, 4.69) is 31.1 Å². The van der Waals surface area contributed by atoms with Crippen LogP contribution in [0.2, 0.25) is 0 Å². The number of rotatable bonds is 8. The maximum atomic E-state index is 11.9. The molecule has 1 aliphatic rings. The smallest absolute Gasteiger partial charge is 0.324 e. The van der Waals surface area contributed by atoms with Gasteiger partial charge in [0.2, 0.25) is 0 Å². The SMILES string of the molecule is CCOC(=O)C(CN(C)CC1CCC1)NC(C)C. The summed E-state index contributed by atoms with van der Waals surface area (Å²) < 4.78 is 5.12. The van der Waals surface area contributed by atoms with Gasteiger partial charge in [-0.1, -0.05) is 20.3 Å². The Hall–Kier alpha value is -0.610. The van der Waals surface area contributed by atoms with Gasteiger partial charge in [-0.05, 0) is 32.7 Å². The molecule has 1 rings (SSSR count). The van der Waals surface area contributed by atoms with Crippen LogP contribution in [0, 0.1) is 5.92 Å². The van der Waals surface area contributed by atoms with Crippen LogP contribution < -0.4 is 5.32 Å². The molecule has 18 heavy (non-hydrogen) atoms. The molecular formula is C14H28N2O2. The summed E-state index contributed by atoms with van der Waals surface area (Å²) in [6.07, 6.45) is 4.04. The van der Waals surface area contributed by atoms with Gasteiger partial charge < -0.3 is 15.0 Å². The molecule has 0 aromatic rings. The van der Waals surface area contributed by atoms with E-state index in [4.69, 9.17) is 4.74 Å². The Morgan fingerprint density at radius 1 is 1.44 bits per heavy atom. The monoisotopic (exact) mass is 256 g/mol. The van der Waals surface area contributed by atoms with Gasteiger partial charge in [0, 0.05) is 19.1 Å². The van der Waals surface area contributed by atoms with E-state index in [0.29, 0.717) is 6.61 Å². The molecule has 4 nitrogen and oxygen atoms in total. The number of hydrogen-bond acceptors (Lipinski definition) is 4. The van der Waals surface area contributed by atoms with E-state index in [1.807, 2.05) is 6.92 Å². The minimum Gasteiger partial charge on any atom is -0.465 e.